The Hall–Kier alpha value is -6.50. The van der Waals surface area contributed by atoms with Crippen LogP contribution in [-0.2, 0) is 0 Å². The van der Waals surface area contributed by atoms with E-state index in [1.54, 1.807) is 11.3 Å². The Morgan fingerprint density at radius 3 is 1.68 bits per heavy atom. The van der Waals surface area contributed by atoms with E-state index in [0.717, 1.165) is 49.2 Å². The molecule has 5 nitrogen and oxygen atoms in total. The second kappa shape index (κ2) is 11.6. The molecular formula is C44H26N4OS. The molecule has 3 heterocycles. The molecule has 234 valence electrons. The van der Waals surface area contributed by atoms with Crippen LogP contribution in [-0.4, -0.2) is 19.9 Å². The fourth-order valence-corrected chi connectivity index (χ4v) is 7.85. The van der Waals surface area contributed by atoms with E-state index in [2.05, 4.69) is 72.8 Å². The number of hydrogen-bond donors (Lipinski definition) is 0. The van der Waals surface area contributed by atoms with Crippen molar-refractivity contribution in [1.29, 1.82) is 0 Å². The Balaban J connectivity index is 1.09. The molecule has 0 amide bonds. The van der Waals surface area contributed by atoms with Crippen LogP contribution in [0, 0.1) is 0 Å². The summed E-state index contributed by atoms with van der Waals surface area (Å²) < 4.78 is 8.92. The third kappa shape index (κ3) is 4.93. The molecule has 0 N–H and O–H groups in total. The molecule has 0 saturated heterocycles. The molecule has 0 radical (unpaired) electrons. The van der Waals surface area contributed by atoms with Crippen LogP contribution in [0.3, 0.4) is 0 Å². The summed E-state index contributed by atoms with van der Waals surface area (Å²) >= 11 is 1.75. The summed E-state index contributed by atoms with van der Waals surface area (Å²) in [5.74, 6) is 2.36. The van der Waals surface area contributed by atoms with Crippen molar-refractivity contribution in [1.82, 2.24) is 19.9 Å². The fourth-order valence-electron chi connectivity index (χ4n) is 6.64. The summed E-state index contributed by atoms with van der Waals surface area (Å²) in [6.45, 7) is 0. The predicted octanol–water partition coefficient (Wildman–Crippen LogP) is 11.9. The van der Waals surface area contributed by atoms with E-state index in [1.807, 2.05) is 84.9 Å². The van der Waals surface area contributed by atoms with Crippen molar-refractivity contribution in [2.75, 3.05) is 0 Å². The van der Waals surface area contributed by atoms with Gasteiger partial charge in [0.25, 0.3) is 0 Å². The Morgan fingerprint density at radius 1 is 0.400 bits per heavy atom. The lowest BCUT2D eigenvalue weighted by Gasteiger charge is -2.10. The van der Waals surface area contributed by atoms with Crippen molar-refractivity contribution in [3.8, 4) is 56.7 Å². The lowest BCUT2D eigenvalue weighted by Crippen LogP contribution is -2.00. The Kier molecular flexibility index (Phi) is 6.60. The summed E-state index contributed by atoms with van der Waals surface area (Å²) in [6.07, 6.45) is 0. The van der Waals surface area contributed by atoms with E-state index >= 15 is 0 Å². The summed E-state index contributed by atoms with van der Waals surface area (Å²) in [5, 5.41) is 4.89. The summed E-state index contributed by atoms with van der Waals surface area (Å²) in [7, 11) is 0. The first-order chi connectivity index (χ1) is 24.7. The maximum Gasteiger partial charge on any atom is 0.227 e. The molecule has 0 atom stereocenters. The highest BCUT2D eigenvalue weighted by molar-refractivity contribution is 7.26. The van der Waals surface area contributed by atoms with Crippen molar-refractivity contribution >= 4 is 53.4 Å². The van der Waals surface area contributed by atoms with Crippen molar-refractivity contribution in [3.05, 3.63) is 158 Å². The highest BCUT2D eigenvalue weighted by Crippen LogP contribution is 2.41. The molecule has 6 heteroatoms. The largest absolute Gasteiger partial charge is 0.435 e. The van der Waals surface area contributed by atoms with E-state index in [0.29, 0.717) is 23.4 Å². The molecule has 50 heavy (non-hydrogen) atoms. The van der Waals surface area contributed by atoms with Gasteiger partial charge in [-0.25, -0.2) is 19.9 Å². The third-order valence-corrected chi connectivity index (χ3v) is 10.3. The molecule has 0 aliphatic carbocycles. The van der Waals surface area contributed by atoms with Gasteiger partial charge in [-0.05, 0) is 58.3 Å². The highest BCUT2D eigenvalue weighted by atomic mass is 32.1. The number of rotatable bonds is 5. The molecular weight excluding hydrogens is 633 g/mol. The molecule has 10 rings (SSSR count). The molecule has 0 fully saturated rings. The number of nitrogens with zero attached hydrogens (tertiary/aromatic N) is 4. The van der Waals surface area contributed by atoms with Crippen LogP contribution in [0.5, 0.6) is 0 Å². The van der Waals surface area contributed by atoms with Crippen LogP contribution in [0.4, 0.5) is 0 Å². The Bertz CT molecular complexity index is 2880. The third-order valence-electron chi connectivity index (χ3n) is 9.13. The second-order valence-corrected chi connectivity index (χ2v) is 13.4. The lowest BCUT2D eigenvalue weighted by atomic mass is 10.0. The predicted molar refractivity (Wildman–Crippen MR) is 205 cm³/mol. The molecule has 7 aromatic carbocycles. The van der Waals surface area contributed by atoms with Gasteiger partial charge >= 0.3 is 0 Å². The zero-order valence-corrected chi connectivity index (χ0v) is 27.4. The molecule has 0 aliphatic rings. The first-order valence-corrected chi connectivity index (χ1v) is 17.3. The Morgan fingerprint density at radius 2 is 0.960 bits per heavy atom. The van der Waals surface area contributed by atoms with Gasteiger partial charge in [0.1, 0.15) is 5.52 Å². The molecule has 0 spiro atoms. The smallest absolute Gasteiger partial charge is 0.227 e. The molecule has 3 aromatic heterocycles. The monoisotopic (exact) mass is 658 g/mol. The van der Waals surface area contributed by atoms with Gasteiger partial charge in [-0.3, -0.25) is 0 Å². The van der Waals surface area contributed by atoms with Gasteiger partial charge in [0, 0.05) is 37.7 Å². The Labute approximate surface area is 291 Å². The minimum Gasteiger partial charge on any atom is -0.435 e. The average molecular weight is 659 g/mol. The van der Waals surface area contributed by atoms with Gasteiger partial charge in [0.15, 0.2) is 23.1 Å². The van der Waals surface area contributed by atoms with Crippen LogP contribution in [0.1, 0.15) is 0 Å². The lowest BCUT2D eigenvalue weighted by molar-refractivity contribution is 0.623. The molecule has 0 bridgehead atoms. The highest BCUT2D eigenvalue weighted by Gasteiger charge is 2.18. The van der Waals surface area contributed by atoms with Gasteiger partial charge in [-0.1, -0.05) is 121 Å². The number of oxazole rings is 1. The van der Waals surface area contributed by atoms with E-state index in [-0.39, 0.29) is 0 Å². The number of hydrogen-bond acceptors (Lipinski definition) is 6. The minimum atomic E-state index is 0.560. The van der Waals surface area contributed by atoms with Crippen LogP contribution < -0.4 is 0 Å². The van der Waals surface area contributed by atoms with Crippen molar-refractivity contribution in [2.24, 2.45) is 0 Å². The van der Waals surface area contributed by atoms with E-state index < -0.39 is 0 Å². The maximum atomic E-state index is 6.57. The van der Waals surface area contributed by atoms with Gasteiger partial charge < -0.3 is 4.42 Å². The first kappa shape index (κ1) is 28.5. The number of benzene rings is 7. The fraction of sp³-hybridized carbons (Fsp3) is 0. The number of aromatic nitrogens is 4. The van der Waals surface area contributed by atoms with Gasteiger partial charge in [-0.15, -0.1) is 11.3 Å². The zero-order chi connectivity index (χ0) is 33.0. The van der Waals surface area contributed by atoms with Crippen LogP contribution >= 0.6 is 11.3 Å². The van der Waals surface area contributed by atoms with Crippen LogP contribution in [0.15, 0.2) is 162 Å². The minimum absolute atomic E-state index is 0.560. The zero-order valence-electron chi connectivity index (χ0n) is 26.6. The van der Waals surface area contributed by atoms with Crippen molar-refractivity contribution < 1.29 is 4.42 Å². The second-order valence-electron chi connectivity index (χ2n) is 12.3. The average Bonchev–Trinajstić information content (AvgIpc) is 3.79. The number of thiophene rings is 1. The summed E-state index contributed by atoms with van der Waals surface area (Å²) in [5.41, 5.74) is 7.43. The number of fused-ring (bicyclic) bond motifs is 6. The quantitative estimate of drug-likeness (QED) is 0.184. The normalized spacial score (nSPS) is 11.6. The van der Waals surface area contributed by atoms with Crippen molar-refractivity contribution in [2.45, 2.75) is 0 Å². The van der Waals surface area contributed by atoms with E-state index in [9.17, 15) is 0 Å². The molecule has 0 aliphatic heterocycles. The standard InChI is InChI=1S/C44H26N4OS/c1-3-11-27(12-4-1)29-17-9-18-32(23-29)42-46-41(28-13-5-2-6-14-28)47-43(48-42)33-19-10-20-34(24-33)44-45-37-22-21-35-36-25-30-15-7-8-16-31(30)26-38(36)50-40(35)39(37)49-44/h1-26H. The van der Waals surface area contributed by atoms with Crippen molar-refractivity contribution in [3.63, 3.8) is 0 Å². The van der Waals surface area contributed by atoms with Crippen LogP contribution in [0.2, 0.25) is 0 Å². The SMILES string of the molecule is c1ccc(-c2cccc(-c3nc(-c4ccccc4)nc(-c4cccc(-c5nc6ccc7c8cc9ccccc9cc8sc7c6o5)c4)n3)c2)cc1. The topological polar surface area (TPSA) is 64.7 Å². The molecule has 0 unspecified atom stereocenters. The van der Waals surface area contributed by atoms with Gasteiger partial charge in [0.2, 0.25) is 5.89 Å². The molecule has 0 saturated carbocycles. The molecule has 10 aromatic rings. The van der Waals surface area contributed by atoms with E-state index in [1.165, 1.54) is 26.2 Å². The van der Waals surface area contributed by atoms with Gasteiger partial charge in [-0.2, -0.15) is 0 Å². The van der Waals surface area contributed by atoms with Gasteiger partial charge in [0.05, 0.1) is 4.70 Å². The summed E-state index contributed by atoms with van der Waals surface area (Å²) in [6, 6.07) is 54.1. The first-order valence-electron chi connectivity index (χ1n) is 16.5. The van der Waals surface area contributed by atoms with E-state index in [4.69, 9.17) is 24.4 Å². The van der Waals surface area contributed by atoms with Crippen LogP contribution in [0.25, 0.3) is 98.8 Å². The summed E-state index contributed by atoms with van der Waals surface area (Å²) in [4.78, 5) is 19.9. The maximum absolute atomic E-state index is 6.57.